The van der Waals surface area contributed by atoms with E-state index in [1.807, 2.05) is 0 Å². The fraction of sp³-hybridized carbons (Fsp3) is 0.435. The number of benzene rings is 1. The molecular weight excluding hydrogens is 613 g/mol. The van der Waals surface area contributed by atoms with Crippen LogP contribution in [0, 0.1) is 0 Å². The minimum absolute atomic E-state index is 0.00290. The highest BCUT2D eigenvalue weighted by molar-refractivity contribution is 8.02. The first-order valence-electron chi connectivity index (χ1n) is 12.5. The molecule has 0 aliphatic carbocycles. The summed E-state index contributed by atoms with van der Waals surface area (Å²) in [4.78, 5) is 50.5. The van der Waals surface area contributed by atoms with E-state index in [4.69, 9.17) is 29.9 Å². The average molecular weight is 643 g/mol. The van der Waals surface area contributed by atoms with Crippen molar-refractivity contribution in [2.24, 2.45) is 16.6 Å². The molecule has 1 aromatic carbocycles. The lowest BCUT2D eigenvalue weighted by molar-refractivity contribution is -0.214. The van der Waals surface area contributed by atoms with Crippen molar-refractivity contribution >= 4 is 70.4 Å². The number of aromatic nitrogens is 2. The number of rotatable bonds is 15. The van der Waals surface area contributed by atoms with Crippen LogP contribution >= 0.6 is 35.8 Å². The second kappa shape index (κ2) is 13.8. The highest BCUT2D eigenvalue weighted by Crippen LogP contribution is 2.34. The number of nitrogens with two attached hydrogens (primary N) is 2. The van der Waals surface area contributed by atoms with Crippen molar-refractivity contribution in [3.63, 3.8) is 0 Å². The van der Waals surface area contributed by atoms with Gasteiger partial charge in [-0.15, -0.1) is 0 Å². The van der Waals surface area contributed by atoms with Gasteiger partial charge in [-0.05, 0) is 38.9 Å². The number of carbonyl (C=O) groups excluding carboxylic acids is 2. The Morgan fingerprint density at radius 3 is 2.81 bits per heavy atom. The molecule has 0 spiro atoms. The van der Waals surface area contributed by atoms with Crippen LogP contribution in [0.1, 0.15) is 20.3 Å². The molecule has 2 aliphatic rings. The van der Waals surface area contributed by atoms with Crippen LogP contribution in [0.4, 0.5) is 0 Å². The number of hydrogen-bond acceptors (Lipinski definition) is 15. The second-order valence-electron chi connectivity index (χ2n) is 9.47. The smallest absolute Gasteiger partial charge is 0.351 e. The first-order valence-corrected chi connectivity index (χ1v) is 15.1. The number of nitrogens with zero attached hydrogens (tertiary/aromatic N) is 3. The molecule has 42 heavy (non-hydrogen) atoms. The minimum atomic E-state index is -1.59. The summed E-state index contributed by atoms with van der Waals surface area (Å²) in [5.74, 6) is -1.64. The number of hydroxylamine groups is 2. The van der Waals surface area contributed by atoms with Crippen molar-refractivity contribution in [3.05, 3.63) is 29.3 Å². The number of carboxylic acid groups (broad SMARTS) is 1. The number of ether oxygens (including phenoxy) is 1. The van der Waals surface area contributed by atoms with Crippen molar-refractivity contribution in [3.8, 4) is 5.75 Å². The lowest BCUT2D eigenvalue weighted by Gasteiger charge is -2.50. The molecule has 1 fully saturated rings. The van der Waals surface area contributed by atoms with Gasteiger partial charge in [-0.25, -0.2) is 9.78 Å². The van der Waals surface area contributed by atoms with Crippen LogP contribution in [-0.2, 0) is 23.5 Å². The molecule has 19 heteroatoms. The fourth-order valence-corrected chi connectivity index (χ4v) is 5.71. The SMILES string of the molecule is CC1(C)C(NC(=O)/C(=N\OC(COc2ccc3nc(SCCCN)[nH]c3c2)C(=O)O)C2=CSC(N)N2)C(=O)N1OSO. The lowest BCUT2D eigenvalue weighted by atomic mass is 9.84. The van der Waals surface area contributed by atoms with Crippen molar-refractivity contribution in [1.82, 2.24) is 25.7 Å². The number of imidazole rings is 1. The zero-order chi connectivity index (χ0) is 30.4. The van der Waals surface area contributed by atoms with Crippen LogP contribution in [0.2, 0.25) is 0 Å². The zero-order valence-electron chi connectivity index (χ0n) is 22.4. The maximum absolute atomic E-state index is 13.2. The molecule has 228 valence electrons. The van der Waals surface area contributed by atoms with Gasteiger partial charge in [-0.1, -0.05) is 28.7 Å². The highest BCUT2D eigenvalue weighted by atomic mass is 32.2. The predicted octanol–water partition coefficient (Wildman–Crippen LogP) is 0.787. The topological polar surface area (TPSA) is 240 Å². The van der Waals surface area contributed by atoms with E-state index in [1.165, 1.54) is 5.41 Å². The maximum Gasteiger partial charge on any atom is 0.351 e. The summed E-state index contributed by atoms with van der Waals surface area (Å²) in [6.07, 6.45) is -0.741. The van der Waals surface area contributed by atoms with E-state index in [2.05, 4.69) is 25.8 Å². The molecule has 3 unspecified atom stereocenters. The van der Waals surface area contributed by atoms with Gasteiger partial charge in [0.05, 0.1) is 22.3 Å². The normalized spacial score (nSPS) is 20.5. The third-order valence-electron chi connectivity index (χ3n) is 6.13. The van der Waals surface area contributed by atoms with Gasteiger partial charge in [0.15, 0.2) is 23.2 Å². The molecule has 4 rings (SSSR count). The Labute approximate surface area is 252 Å². The monoisotopic (exact) mass is 642 g/mol. The molecule has 2 amide bonds. The maximum atomic E-state index is 13.2. The first-order chi connectivity index (χ1) is 20.0. The molecule has 3 heterocycles. The molecule has 3 atom stereocenters. The van der Waals surface area contributed by atoms with Crippen LogP contribution in [0.25, 0.3) is 11.0 Å². The number of carbonyl (C=O) groups is 3. The van der Waals surface area contributed by atoms with Gasteiger partial charge in [0.1, 0.15) is 23.9 Å². The molecule has 16 nitrogen and oxygen atoms in total. The third-order valence-corrected chi connectivity index (χ3v) is 8.09. The Bertz CT molecular complexity index is 1390. The largest absolute Gasteiger partial charge is 0.489 e. The number of fused-ring (bicyclic) bond motifs is 1. The van der Waals surface area contributed by atoms with E-state index in [1.54, 1.807) is 43.8 Å². The van der Waals surface area contributed by atoms with E-state index in [-0.39, 0.29) is 23.7 Å². The third kappa shape index (κ3) is 7.22. The number of aliphatic carboxylic acids is 1. The number of H-pyrrole nitrogens is 1. The molecule has 1 aromatic heterocycles. The van der Waals surface area contributed by atoms with Crippen LogP contribution in [0.3, 0.4) is 0 Å². The van der Waals surface area contributed by atoms with Crippen LogP contribution in [0.15, 0.2) is 39.6 Å². The number of thioether (sulfide) groups is 2. The van der Waals surface area contributed by atoms with Crippen LogP contribution in [-0.4, -0.2) is 90.3 Å². The molecular formula is C23H30N8O8S3. The average Bonchev–Trinajstić information content (AvgIpc) is 3.57. The molecule has 0 radical (unpaired) electrons. The summed E-state index contributed by atoms with van der Waals surface area (Å²) in [5, 5.41) is 22.1. The van der Waals surface area contributed by atoms with E-state index >= 15 is 0 Å². The number of amides is 2. The highest BCUT2D eigenvalue weighted by Gasteiger charge is 2.57. The van der Waals surface area contributed by atoms with Crippen molar-refractivity contribution in [2.75, 3.05) is 18.9 Å². The number of aromatic amines is 1. The van der Waals surface area contributed by atoms with E-state index in [0.717, 1.165) is 39.7 Å². The molecule has 2 aliphatic heterocycles. The Kier molecular flexibility index (Phi) is 10.5. The Morgan fingerprint density at radius 1 is 1.38 bits per heavy atom. The summed E-state index contributed by atoms with van der Waals surface area (Å²) < 4.78 is 19.4. The molecule has 9 N–H and O–H groups in total. The minimum Gasteiger partial charge on any atom is -0.489 e. The van der Waals surface area contributed by atoms with E-state index < -0.39 is 47.6 Å². The van der Waals surface area contributed by atoms with Crippen molar-refractivity contribution < 1.29 is 37.9 Å². The number of carboxylic acids is 1. The van der Waals surface area contributed by atoms with E-state index in [9.17, 15) is 19.5 Å². The van der Waals surface area contributed by atoms with Gasteiger partial charge in [-0.3, -0.25) is 9.59 Å². The summed E-state index contributed by atoms with van der Waals surface area (Å²) in [6.45, 7) is 3.38. The second-order valence-corrected chi connectivity index (χ2v) is 11.9. The van der Waals surface area contributed by atoms with Gasteiger partial charge < -0.3 is 46.3 Å². The summed E-state index contributed by atoms with van der Waals surface area (Å²) in [5.41, 5.74) is 11.1. The molecule has 1 saturated heterocycles. The summed E-state index contributed by atoms with van der Waals surface area (Å²) in [7, 11) is 0. The van der Waals surface area contributed by atoms with Crippen molar-refractivity contribution in [2.45, 2.75) is 48.6 Å². The number of hydrogen-bond donors (Lipinski definition) is 7. The van der Waals surface area contributed by atoms with Crippen molar-refractivity contribution in [1.29, 1.82) is 0 Å². The lowest BCUT2D eigenvalue weighted by Crippen LogP contribution is -2.76. The first kappa shape index (κ1) is 31.7. The Hall–Kier alpha value is -3.20. The van der Waals surface area contributed by atoms with Gasteiger partial charge >= 0.3 is 5.97 Å². The molecule has 0 bridgehead atoms. The zero-order valence-corrected chi connectivity index (χ0v) is 24.9. The van der Waals surface area contributed by atoms with Gasteiger partial charge in [0.25, 0.3) is 17.9 Å². The van der Waals surface area contributed by atoms with Crippen LogP contribution in [0.5, 0.6) is 5.75 Å². The number of β-lactam (4-membered cyclic amide) rings is 1. The predicted molar refractivity (Wildman–Crippen MR) is 157 cm³/mol. The fourth-order valence-electron chi connectivity index (χ4n) is 3.87. The Balaban J connectivity index is 1.44. The standard InChI is InChI=1S/C23H30N8O8S3/c1-23(2)17(19(33)31(23)39-42-36)29-18(32)16(14-10-41-21(25)26-14)30-38-15(20(34)35)9-37-11-4-5-12-13(8-11)28-22(27-12)40-7-3-6-24/h4-5,8,10,15,17,21,26,36H,3,6-7,9,24-25H2,1-2H3,(H,27,28)(H,29,32)(H,34,35)/b30-16-. The quantitative estimate of drug-likeness (QED) is 0.0355. The molecule has 2 aromatic rings. The molecule has 0 saturated carbocycles. The van der Waals surface area contributed by atoms with Gasteiger partial charge in [-0.2, -0.15) is 9.35 Å². The number of oxime groups is 1. The van der Waals surface area contributed by atoms with Crippen LogP contribution < -0.4 is 26.8 Å². The van der Waals surface area contributed by atoms with Gasteiger partial charge in [0, 0.05) is 17.2 Å². The number of nitrogens with one attached hydrogen (secondary N) is 3. The summed E-state index contributed by atoms with van der Waals surface area (Å²) in [6, 6.07) is 4.03. The van der Waals surface area contributed by atoms with E-state index in [0.29, 0.717) is 17.8 Å². The van der Waals surface area contributed by atoms with Gasteiger partial charge in [0.2, 0.25) is 0 Å². The Morgan fingerprint density at radius 2 is 2.17 bits per heavy atom. The summed E-state index contributed by atoms with van der Waals surface area (Å²) >= 11 is 2.70.